The molecule has 0 spiro atoms. The van der Waals surface area contributed by atoms with Crippen LogP contribution in [0.3, 0.4) is 0 Å². The molecule has 0 rings (SSSR count). The van der Waals surface area contributed by atoms with Crippen LogP contribution in [0.1, 0.15) is 181 Å². The van der Waals surface area contributed by atoms with E-state index in [1.807, 2.05) is 0 Å². The maximum Gasteiger partial charge on any atom is 0.305 e. The third-order valence-electron chi connectivity index (χ3n) is 7.52. The van der Waals surface area contributed by atoms with Crippen molar-refractivity contribution in [3.63, 3.8) is 0 Å². The van der Waals surface area contributed by atoms with Crippen molar-refractivity contribution in [2.45, 2.75) is 187 Å². The summed E-state index contributed by atoms with van der Waals surface area (Å²) in [6, 6.07) is 0. The molecule has 1 N–H and O–H groups in total. The first-order chi connectivity index (χ1) is 19.0. The van der Waals surface area contributed by atoms with Gasteiger partial charge < -0.3 is 14.6 Å². The number of aliphatic hydroxyl groups excluding tert-OH is 1. The zero-order chi connectivity index (χ0) is 28.8. The Balaban J connectivity index is 3.41. The molecule has 0 radical (unpaired) electrons. The van der Waals surface area contributed by atoms with E-state index >= 15 is 0 Å². The van der Waals surface area contributed by atoms with E-state index in [1.54, 1.807) is 0 Å². The molecular weight excluding hydrogens is 488 g/mol. The first-order valence-electron chi connectivity index (χ1n) is 16.9. The fourth-order valence-corrected chi connectivity index (χ4v) is 4.92. The summed E-state index contributed by atoms with van der Waals surface area (Å²) in [6.45, 7) is 6.63. The summed E-state index contributed by atoms with van der Waals surface area (Å²) in [5.74, 6) is 0.278. The van der Waals surface area contributed by atoms with Crippen LogP contribution in [0, 0.1) is 5.92 Å². The van der Waals surface area contributed by atoms with Gasteiger partial charge in [0.15, 0.2) is 0 Å². The first-order valence-corrected chi connectivity index (χ1v) is 16.9. The quantitative estimate of drug-likeness (QED) is 0.0706. The number of hydrogen-bond acceptors (Lipinski definition) is 5. The van der Waals surface area contributed by atoms with E-state index in [0.717, 1.165) is 31.6 Å². The van der Waals surface area contributed by atoms with Crippen molar-refractivity contribution in [2.24, 2.45) is 5.92 Å². The summed E-state index contributed by atoms with van der Waals surface area (Å²) < 4.78 is 10.3. The van der Waals surface area contributed by atoms with E-state index in [0.29, 0.717) is 12.8 Å². The average Bonchev–Trinajstić information content (AvgIpc) is 2.91. The second-order valence-corrected chi connectivity index (χ2v) is 12.1. The van der Waals surface area contributed by atoms with Crippen LogP contribution in [-0.4, -0.2) is 36.4 Å². The topological polar surface area (TPSA) is 72.8 Å². The Labute approximate surface area is 242 Å². The van der Waals surface area contributed by atoms with Gasteiger partial charge in [-0.2, -0.15) is 0 Å². The summed E-state index contributed by atoms with van der Waals surface area (Å²) >= 11 is 0. The van der Waals surface area contributed by atoms with Crippen molar-refractivity contribution in [1.29, 1.82) is 0 Å². The predicted molar refractivity (Wildman–Crippen MR) is 164 cm³/mol. The third kappa shape index (κ3) is 31.3. The lowest BCUT2D eigenvalue weighted by Crippen LogP contribution is -2.25. The van der Waals surface area contributed by atoms with Crippen LogP contribution in [-0.2, 0) is 19.1 Å². The number of unbranched alkanes of at least 4 members (excludes halogenated alkanes) is 20. The molecule has 0 amide bonds. The predicted octanol–water partition coefficient (Wildman–Crippen LogP) is 9.86. The fraction of sp³-hybridized carbons (Fsp3) is 0.941. The number of carbonyl (C=O) groups excluding carboxylic acids is 2. The summed E-state index contributed by atoms with van der Waals surface area (Å²) in [7, 11) is 0. The van der Waals surface area contributed by atoms with Gasteiger partial charge in [0.25, 0.3) is 0 Å². The second kappa shape index (κ2) is 29.9. The van der Waals surface area contributed by atoms with Crippen LogP contribution < -0.4 is 0 Å². The van der Waals surface area contributed by atoms with Crippen molar-refractivity contribution in [2.75, 3.05) is 13.2 Å². The number of esters is 2. The number of aliphatic hydroxyl groups is 1. The Bertz CT molecular complexity index is 534. The molecule has 39 heavy (non-hydrogen) atoms. The number of ether oxygens (including phenoxy) is 2. The monoisotopic (exact) mass is 554 g/mol. The average molecular weight is 555 g/mol. The van der Waals surface area contributed by atoms with E-state index in [-0.39, 0.29) is 25.2 Å². The lowest BCUT2D eigenvalue weighted by Gasteiger charge is -2.12. The highest BCUT2D eigenvalue weighted by Crippen LogP contribution is 2.15. The van der Waals surface area contributed by atoms with Crippen molar-refractivity contribution >= 4 is 11.9 Å². The molecule has 0 bridgehead atoms. The fourth-order valence-electron chi connectivity index (χ4n) is 4.92. The van der Waals surface area contributed by atoms with Crippen molar-refractivity contribution < 1.29 is 24.2 Å². The van der Waals surface area contributed by atoms with Gasteiger partial charge in [-0.25, -0.2) is 0 Å². The minimum Gasteiger partial charge on any atom is -0.463 e. The minimum atomic E-state index is -0.953. The highest BCUT2D eigenvalue weighted by molar-refractivity contribution is 5.69. The van der Waals surface area contributed by atoms with E-state index in [1.165, 1.54) is 122 Å². The summed E-state index contributed by atoms with van der Waals surface area (Å²) in [4.78, 5) is 23.8. The van der Waals surface area contributed by atoms with Crippen LogP contribution in [0.2, 0.25) is 0 Å². The maximum atomic E-state index is 11.9. The standard InChI is InChI=1S/C34H66O5/c1-4-5-6-7-8-9-11-15-18-21-24-27-33(36)38-29-32(35)30-39-34(37)28-25-22-19-16-13-10-12-14-17-20-23-26-31(2)3/h31-32,35H,4-30H2,1-3H3/t32-/m0/s1. The Kier molecular flexibility index (Phi) is 29.0. The normalized spacial score (nSPS) is 12.1. The lowest BCUT2D eigenvalue weighted by molar-refractivity contribution is -0.152. The van der Waals surface area contributed by atoms with Gasteiger partial charge in [0.05, 0.1) is 0 Å². The zero-order valence-electron chi connectivity index (χ0n) is 26.3. The SMILES string of the molecule is CCCCCCCCCCCCCC(=O)OC[C@H](O)COC(=O)CCCCCCCCCCCCCC(C)C. The van der Waals surface area contributed by atoms with Gasteiger partial charge in [-0.1, -0.05) is 156 Å². The molecule has 5 heteroatoms. The molecule has 0 aromatic rings. The van der Waals surface area contributed by atoms with Gasteiger partial charge in [0, 0.05) is 12.8 Å². The van der Waals surface area contributed by atoms with E-state index in [4.69, 9.17) is 9.47 Å². The third-order valence-corrected chi connectivity index (χ3v) is 7.52. The Morgan fingerprint density at radius 3 is 1.15 bits per heavy atom. The summed E-state index contributed by atoms with van der Waals surface area (Å²) in [5, 5.41) is 9.95. The molecule has 0 saturated heterocycles. The van der Waals surface area contributed by atoms with Crippen LogP contribution >= 0.6 is 0 Å². The van der Waals surface area contributed by atoms with Crippen molar-refractivity contribution in [3.8, 4) is 0 Å². The Morgan fingerprint density at radius 2 is 0.821 bits per heavy atom. The van der Waals surface area contributed by atoms with Gasteiger partial charge >= 0.3 is 11.9 Å². The number of hydrogen-bond donors (Lipinski definition) is 1. The van der Waals surface area contributed by atoms with E-state index in [9.17, 15) is 14.7 Å². The molecular formula is C34H66O5. The van der Waals surface area contributed by atoms with E-state index < -0.39 is 6.10 Å². The molecule has 0 aliphatic carbocycles. The molecule has 1 atom stereocenters. The first kappa shape index (κ1) is 37.9. The summed E-state index contributed by atoms with van der Waals surface area (Å²) in [5.41, 5.74) is 0. The van der Waals surface area contributed by atoms with E-state index in [2.05, 4.69) is 20.8 Å². The number of rotatable bonds is 30. The zero-order valence-corrected chi connectivity index (χ0v) is 26.3. The summed E-state index contributed by atoms with van der Waals surface area (Å²) in [6.07, 6.45) is 28.6. The van der Waals surface area contributed by atoms with Gasteiger partial charge in [-0.3, -0.25) is 9.59 Å². The van der Waals surface area contributed by atoms with Crippen molar-refractivity contribution in [3.05, 3.63) is 0 Å². The molecule has 0 saturated carbocycles. The molecule has 0 aliphatic rings. The molecule has 0 aromatic carbocycles. The Morgan fingerprint density at radius 1 is 0.513 bits per heavy atom. The maximum absolute atomic E-state index is 11.9. The molecule has 0 unspecified atom stereocenters. The molecule has 5 nitrogen and oxygen atoms in total. The lowest BCUT2D eigenvalue weighted by atomic mass is 10.0. The highest BCUT2D eigenvalue weighted by atomic mass is 16.6. The van der Waals surface area contributed by atoms with Gasteiger partial charge in [-0.15, -0.1) is 0 Å². The van der Waals surface area contributed by atoms with Gasteiger partial charge in [0.1, 0.15) is 19.3 Å². The Hall–Kier alpha value is -1.10. The highest BCUT2D eigenvalue weighted by Gasteiger charge is 2.12. The van der Waals surface area contributed by atoms with Crippen molar-refractivity contribution in [1.82, 2.24) is 0 Å². The molecule has 0 fully saturated rings. The smallest absolute Gasteiger partial charge is 0.305 e. The number of carbonyl (C=O) groups is 2. The second-order valence-electron chi connectivity index (χ2n) is 12.1. The van der Waals surface area contributed by atoms with Crippen LogP contribution in [0.4, 0.5) is 0 Å². The minimum absolute atomic E-state index is 0.109. The van der Waals surface area contributed by atoms with Crippen LogP contribution in [0.5, 0.6) is 0 Å². The molecule has 232 valence electrons. The molecule has 0 aromatic heterocycles. The van der Waals surface area contributed by atoms with Gasteiger partial charge in [-0.05, 0) is 18.8 Å². The molecule has 0 heterocycles. The van der Waals surface area contributed by atoms with Gasteiger partial charge in [0.2, 0.25) is 0 Å². The molecule has 0 aliphatic heterocycles. The van der Waals surface area contributed by atoms with Crippen LogP contribution in [0.15, 0.2) is 0 Å². The largest absolute Gasteiger partial charge is 0.463 e. The van der Waals surface area contributed by atoms with Crippen LogP contribution in [0.25, 0.3) is 0 Å².